The second kappa shape index (κ2) is 12.4. The summed E-state index contributed by atoms with van der Waals surface area (Å²) >= 11 is 0. The summed E-state index contributed by atoms with van der Waals surface area (Å²) < 4.78 is 47.9. The SMILES string of the molecule is C[C@H](N)C(=O)OC[C@H]1CN(c2ccc(OCC3(O)CCN(c4cc5c(cc4F)c(=O)c(C(=O)O)cn5C4CC4)CC3)c(F)c2)C(=O)O1. The third kappa shape index (κ3) is 6.58. The van der Waals surface area contributed by atoms with E-state index >= 15 is 8.78 Å². The van der Waals surface area contributed by atoms with Crippen molar-refractivity contribution in [2.45, 2.75) is 56.4 Å². The standard InChI is InChI=1S/C32H34F2N4O9/c1-17(35)30(42)45-15-20-13-38(31(43)47-20)19-4-5-27(24(34)10-19)46-16-32(44)6-8-36(9-7-32)26-12-25-21(11-23(26)33)28(39)22(29(40)41)14-37(25)18-2-3-18/h4-5,10-12,14,17-18,20,44H,2-3,6-9,13,15-16,35H2,1H3,(H,40,41)/t17-,20+/m0/s1. The lowest BCUT2D eigenvalue weighted by Gasteiger charge is -2.39. The van der Waals surface area contributed by atoms with E-state index < -0.39 is 58.4 Å². The van der Waals surface area contributed by atoms with Crippen LogP contribution in [-0.4, -0.2) is 83.4 Å². The number of benzene rings is 2. The van der Waals surface area contributed by atoms with Crippen molar-refractivity contribution in [3.05, 3.63) is 63.9 Å². The number of anilines is 2. The molecular formula is C32H34F2N4O9. The fraction of sp³-hybridized carbons (Fsp3) is 0.438. The summed E-state index contributed by atoms with van der Waals surface area (Å²) in [6, 6.07) is 5.74. The summed E-state index contributed by atoms with van der Waals surface area (Å²) in [6.45, 7) is 1.54. The predicted octanol–water partition coefficient (Wildman–Crippen LogP) is 2.94. The molecule has 0 bridgehead atoms. The Bertz CT molecular complexity index is 1800. The zero-order chi connectivity index (χ0) is 33.6. The Morgan fingerprint density at radius 1 is 1.13 bits per heavy atom. The van der Waals surface area contributed by atoms with Crippen molar-refractivity contribution in [3.8, 4) is 5.75 Å². The molecule has 1 aliphatic carbocycles. The zero-order valence-electron chi connectivity index (χ0n) is 25.5. The Balaban J connectivity index is 1.08. The van der Waals surface area contributed by atoms with Crippen molar-refractivity contribution < 1.29 is 47.6 Å². The molecule has 6 rings (SSSR count). The number of hydrogen-bond donors (Lipinski definition) is 3. The molecule has 1 amide bonds. The largest absolute Gasteiger partial charge is 0.488 e. The van der Waals surface area contributed by atoms with Gasteiger partial charge in [0.15, 0.2) is 17.7 Å². The maximum atomic E-state index is 15.3. The number of carbonyl (C=O) groups excluding carboxylic acids is 2. The summed E-state index contributed by atoms with van der Waals surface area (Å²) in [5.74, 6) is -3.60. The number of ether oxygens (including phenoxy) is 3. The van der Waals surface area contributed by atoms with Gasteiger partial charge >= 0.3 is 18.0 Å². The van der Waals surface area contributed by atoms with Crippen LogP contribution >= 0.6 is 0 Å². The molecule has 0 radical (unpaired) electrons. The number of hydrogen-bond acceptors (Lipinski definition) is 10. The number of carboxylic acid groups (broad SMARTS) is 1. The zero-order valence-corrected chi connectivity index (χ0v) is 25.5. The molecule has 3 heterocycles. The Hall–Kier alpha value is -4.76. The van der Waals surface area contributed by atoms with Crippen molar-refractivity contribution in [1.82, 2.24) is 4.57 Å². The summed E-state index contributed by atoms with van der Waals surface area (Å²) in [4.78, 5) is 51.3. The minimum Gasteiger partial charge on any atom is -0.488 e. The summed E-state index contributed by atoms with van der Waals surface area (Å²) in [6.07, 6.45) is 1.83. The molecule has 2 atom stereocenters. The second-order valence-corrected chi connectivity index (χ2v) is 12.3. The number of aliphatic hydroxyl groups is 1. The van der Waals surface area contributed by atoms with Crippen LogP contribution in [0.25, 0.3) is 10.9 Å². The van der Waals surface area contributed by atoms with Crippen LogP contribution in [0.4, 0.5) is 25.0 Å². The van der Waals surface area contributed by atoms with Crippen LogP contribution in [0.1, 0.15) is 49.0 Å². The van der Waals surface area contributed by atoms with Gasteiger partial charge in [0.05, 0.1) is 23.4 Å². The van der Waals surface area contributed by atoms with Crippen molar-refractivity contribution in [2.75, 3.05) is 42.6 Å². The topological polar surface area (TPSA) is 174 Å². The lowest BCUT2D eigenvalue weighted by molar-refractivity contribution is -0.147. The molecule has 2 saturated heterocycles. The maximum Gasteiger partial charge on any atom is 0.414 e. The van der Waals surface area contributed by atoms with Crippen molar-refractivity contribution in [2.24, 2.45) is 5.73 Å². The van der Waals surface area contributed by atoms with E-state index in [4.69, 9.17) is 19.9 Å². The number of carboxylic acids is 1. The van der Waals surface area contributed by atoms with Crippen LogP contribution in [0.15, 0.2) is 41.3 Å². The van der Waals surface area contributed by atoms with Gasteiger partial charge in [-0.3, -0.25) is 14.5 Å². The third-order valence-corrected chi connectivity index (χ3v) is 8.69. The predicted molar refractivity (Wildman–Crippen MR) is 164 cm³/mol. The van der Waals surface area contributed by atoms with Gasteiger partial charge in [0, 0.05) is 36.8 Å². The van der Waals surface area contributed by atoms with E-state index in [0.29, 0.717) is 5.52 Å². The first-order chi connectivity index (χ1) is 22.3. The molecular weight excluding hydrogens is 622 g/mol. The molecule has 2 aromatic carbocycles. The highest BCUT2D eigenvalue weighted by molar-refractivity contribution is 5.94. The van der Waals surface area contributed by atoms with Crippen molar-refractivity contribution >= 4 is 40.3 Å². The van der Waals surface area contributed by atoms with Gasteiger partial charge in [0.1, 0.15) is 36.2 Å². The minimum absolute atomic E-state index is 0.00266. The highest BCUT2D eigenvalue weighted by atomic mass is 19.1. The van der Waals surface area contributed by atoms with Gasteiger partial charge in [-0.1, -0.05) is 0 Å². The molecule has 4 N–H and O–H groups in total. The van der Waals surface area contributed by atoms with Crippen LogP contribution in [0.2, 0.25) is 0 Å². The Labute approximate surface area is 267 Å². The summed E-state index contributed by atoms with van der Waals surface area (Å²) in [7, 11) is 0. The Morgan fingerprint density at radius 2 is 1.85 bits per heavy atom. The van der Waals surface area contributed by atoms with Crippen LogP contribution in [0.5, 0.6) is 5.75 Å². The first kappa shape index (κ1) is 32.2. The van der Waals surface area contributed by atoms with Gasteiger partial charge in [-0.05, 0) is 56.9 Å². The molecule has 2 aliphatic heterocycles. The molecule has 3 aromatic rings. The van der Waals surface area contributed by atoms with E-state index in [-0.39, 0.29) is 74.2 Å². The number of nitrogens with zero attached hydrogens (tertiary/aromatic N) is 3. The van der Waals surface area contributed by atoms with E-state index in [9.17, 15) is 29.4 Å². The van der Waals surface area contributed by atoms with Crippen molar-refractivity contribution in [3.63, 3.8) is 0 Å². The number of cyclic esters (lactones) is 1. The monoisotopic (exact) mass is 656 g/mol. The highest BCUT2D eigenvalue weighted by Gasteiger charge is 2.36. The van der Waals surface area contributed by atoms with E-state index in [2.05, 4.69) is 0 Å². The maximum absolute atomic E-state index is 15.3. The average molecular weight is 657 g/mol. The molecule has 250 valence electrons. The lowest BCUT2D eigenvalue weighted by Crippen LogP contribution is -2.48. The van der Waals surface area contributed by atoms with Gasteiger partial charge in [-0.25, -0.2) is 18.4 Å². The fourth-order valence-electron chi connectivity index (χ4n) is 5.83. The van der Waals surface area contributed by atoms with Crippen molar-refractivity contribution in [1.29, 1.82) is 0 Å². The number of pyridine rings is 1. The quantitative estimate of drug-likeness (QED) is 0.274. The number of fused-ring (bicyclic) bond motifs is 1. The van der Waals surface area contributed by atoms with Gasteiger partial charge in [0.2, 0.25) is 5.43 Å². The van der Waals surface area contributed by atoms with Crippen LogP contribution in [0, 0.1) is 11.6 Å². The van der Waals surface area contributed by atoms with E-state index in [1.165, 1.54) is 30.2 Å². The minimum atomic E-state index is -1.37. The molecule has 3 fully saturated rings. The highest BCUT2D eigenvalue weighted by Crippen LogP contribution is 2.39. The first-order valence-electron chi connectivity index (χ1n) is 15.3. The number of amides is 1. The molecule has 13 nitrogen and oxygen atoms in total. The number of piperidine rings is 1. The second-order valence-electron chi connectivity index (χ2n) is 12.3. The number of halogens is 2. The number of aromatic carboxylic acids is 1. The number of esters is 1. The molecule has 1 saturated carbocycles. The average Bonchev–Trinajstić information content (AvgIpc) is 3.81. The molecule has 0 spiro atoms. The first-order valence-corrected chi connectivity index (χ1v) is 15.3. The summed E-state index contributed by atoms with van der Waals surface area (Å²) in [5, 5.41) is 20.7. The van der Waals surface area contributed by atoms with Crippen LogP contribution in [0.3, 0.4) is 0 Å². The number of carbonyl (C=O) groups is 3. The fourth-order valence-corrected chi connectivity index (χ4v) is 5.83. The number of rotatable bonds is 10. The summed E-state index contributed by atoms with van der Waals surface area (Å²) in [5.41, 5.74) is 3.85. The van der Waals surface area contributed by atoms with Crippen LogP contribution in [-0.2, 0) is 14.3 Å². The van der Waals surface area contributed by atoms with E-state index in [1.54, 1.807) is 15.5 Å². The molecule has 0 unspecified atom stereocenters. The molecule has 1 aromatic heterocycles. The van der Waals surface area contributed by atoms with Gasteiger partial charge in [-0.2, -0.15) is 0 Å². The Kier molecular flexibility index (Phi) is 8.53. The molecule has 47 heavy (non-hydrogen) atoms. The number of aromatic nitrogens is 1. The molecule has 15 heteroatoms. The third-order valence-electron chi connectivity index (χ3n) is 8.69. The van der Waals surface area contributed by atoms with Gasteiger partial charge in [-0.15, -0.1) is 0 Å². The number of nitrogens with two attached hydrogens (primary N) is 1. The van der Waals surface area contributed by atoms with Crippen LogP contribution < -0.4 is 25.7 Å². The molecule has 3 aliphatic rings. The Morgan fingerprint density at radius 3 is 2.49 bits per heavy atom. The van der Waals surface area contributed by atoms with E-state index in [1.807, 2.05) is 0 Å². The van der Waals surface area contributed by atoms with Gasteiger partial charge in [0.25, 0.3) is 0 Å². The van der Waals surface area contributed by atoms with Gasteiger partial charge < -0.3 is 39.6 Å². The normalized spacial score (nSPS) is 19.9. The van der Waals surface area contributed by atoms with E-state index in [0.717, 1.165) is 25.0 Å². The lowest BCUT2D eigenvalue weighted by atomic mass is 9.92. The smallest absolute Gasteiger partial charge is 0.414 e.